The lowest BCUT2D eigenvalue weighted by Crippen LogP contribution is -2.30. The van der Waals surface area contributed by atoms with Crippen LogP contribution in [0.5, 0.6) is 0 Å². The standard InChI is InChI=1S/C20H17ClN2O4S/c1-12(24)11-28-18-6-4-3-5-16(18)20(26)27-13(2)19(25)23-15-8-7-14(10-22)17(21)9-15/h3-9,13H,11H2,1-2H3,(H,23,25)/t13-/m1/s1. The highest BCUT2D eigenvalue weighted by Crippen LogP contribution is 2.24. The molecule has 0 unspecified atom stereocenters. The Bertz CT molecular complexity index is 955. The van der Waals surface area contributed by atoms with Gasteiger partial charge in [-0.2, -0.15) is 5.26 Å². The molecule has 1 atom stereocenters. The number of amides is 1. The van der Waals surface area contributed by atoms with Crippen molar-refractivity contribution < 1.29 is 19.1 Å². The molecule has 0 fully saturated rings. The summed E-state index contributed by atoms with van der Waals surface area (Å²) in [5, 5.41) is 11.7. The maximum Gasteiger partial charge on any atom is 0.340 e. The predicted molar refractivity (Wildman–Crippen MR) is 108 cm³/mol. The van der Waals surface area contributed by atoms with Crippen LogP contribution in [-0.2, 0) is 14.3 Å². The molecule has 2 aromatic rings. The number of esters is 1. The van der Waals surface area contributed by atoms with E-state index < -0.39 is 18.0 Å². The lowest BCUT2D eigenvalue weighted by Gasteiger charge is -2.15. The Labute approximate surface area is 171 Å². The highest BCUT2D eigenvalue weighted by atomic mass is 35.5. The molecule has 28 heavy (non-hydrogen) atoms. The molecule has 0 bridgehead atoms. The summed E-state index contributed by atoms with van der Waals surface area (Å²) in [5.41, 5.74) is 0.961. The van der Waals surface area contributed by atoms with Gasteiger partial charge in [-0.05, 0) is 44.2 Å². The minimum Gasteiger partial charge on any atom is -0.449 e. The van der Waals surface area contributed by atoms with Gasteiger partial charge >= 0.3 is 5.97 Å². The van der Waals surface area contributed by atoms with E-state index in [-0.39, 0.29) is 22.1 Å². The third-order valence-electron chi connectivity index (χ3n) is 3.55. The zero-order valence-corrected chi connectivity index (χ0v) is 16.8. The van der Waals surface area contributed by atoms with E-state index in [0.717, 1.165) is 0 Å². The molecule has 0 aromatic heterocycles. The molecule has 1 amide bonds. The number of benzene rings is 2. The van der Waals surface area contributed by atoms with Crippen molar-refractivity contribution in [2.24, 2.45) is 0 Å². The lowest BCUT2D eigenvalue weighted by atomic mass is 10.2. The van der Waals surface area contributed by atoms with Crippen LogP contribution in [0.25, 0.3) is 0 Å². The zero-order valence-electron chi connectivity index (χ0n) is 15.2. The van der Waals surface area contributed by atoms with Crippen molar-refractivity contribution in [1.82, 2.24) is 0 Å². The molecule has 1 N–H and O–H groups in total. The van der Waals surface area contributed by atoms with Crippen molar-refractivity contribution in [3.63, 3.8) is 0 Å². The van der Waals surface area contributed by atoms with Gasteiger partial charge < -0.3 is 10.1 Å². The first kappa shape index (κ1) is 21.5. The highest BCUT2D eigenvalue weighted by Gasteiger charge is 2.21. The normalized spacial score (nSPS) is 11.2. The van der Waals surface area contributed by atoms with Gasteiger partial charge in [0.1, 0.15) is 11.9 Å². The van der Waals surface area contributed by atoms with Gasteiger partial charge in [0.25, 0.3) is 5.91 Å². The Balaban J connectivity index is 2.04. The first-order chi connectivity index (χ1) is 13.3. The molecule has 0 aliphatic carbocycles. The fourth-order valence-corrected chi connectivity index (χ4v) is 3.21. The molecule has 0 spiro atoms. The summed E-state index contributed by atoms with van der Waals surface area (Å²) in [5.74, 6) is -0.975. The van der Waals surface area contributed by atoms with Crippen LogP contribution in [0.15, 0.2) is 47.4 Å². The number of carbonyl (C=O) groups excluding carboxylic acids is 3. The summed E-state index contributed by atoms with van der Waals surface area (Å²) in [7, 11) is 0. The Morgan fingerprint density at radius 1 is 1.25 bits per heavy atom. The maximum absolute atomic E-state index is 12.5. The number of nitriles is 1. The summed E-state index contributed by atoms with van der Waals surface area (Å²) < 4.78 is 5.26. The highest BCUT2D eigenvalue weighted by molar-refractivity contribution is 8.00. The van der Waals surface area contributed by atoms with Gasteiger partial charge in [0.15, 0.2) is 6.10 Å². The third-order valence-corrected chi connectivity index (χ3v) is 5.08. The summed E-state index contributed by atoms with van der Waals surface area (Å²) in [4.78, 5) is 36.5. The van der Waals surface area contributed by atoms with Crippen molar-refractivity contribution in [2.75, 3.05) is 11.1 Å². The predicted octanol–water partition coefficient (Wildman–Crippen LogP) is 4.08. The molecular weight excluding hydrogens is 400 g/mol. The number of hydrogen-bond donors (Lipinski definition) is 1. The average molecular weight is 417 g/mol. The third kappa shape index (κ3) is 5.84. The molecule has 2 rings (SSSR count). The molecule has 144 valence electrons. The topological polar surface area (TPSA) is 96.3 Å². The molecule has 0 saturated heterocycles. The van der Waals surface area contributed by atoms with E-state index in [2.05, 4.69) is 5.32 Å². The number of thioether (sulfide) groups is 1. The number of nitrogens with one attached hydrogen (secondary N) is 1. The molecule has 0 aliphatic rings. The Hall–Kier alpha value is -2.82. The van der Waals surface area contributed by atoms with E-state index >= 15 is 0 Å². The lowest BCUT2D eigenvalue weighted by molar-refractivity contribution is -0.123. The van der Waals surface area contributed by atoms with Crippen LogP contribution >= 0.6 is 23.4 Å². The number of rotatable bonds is 7. The number of nitrogens with zero attached hydrogens (tertiary/aromatic N) is 1. The minimum atomic E-state index is -1.06. The largest absolute Gasteiger partial charge is 0.449 e. The summed E-state index contributed by atoms with van der Waals surface area (Å²) >= 11 is 7.18. The number of carbonyl (C=O) groups is 3. The molecular formula is C20H17ClN2O4S. The number of hydrogen-bond acceptors (Lipinski definition) is 6. The monoisotopic (exact) mass is 416 g/mol. The number of ketones is 1. The summed E-state index contributed by atoms with van der Waals surface area (Å²) in [6.45, 7) is 2.92. The smallest absolute Gasteiger partial charge is 0.340 e. The first-order valence-corrected chi connectivity index (χ1v) is 9.61. The summed E-state index contributed by atoms with van der Waals surface area (Å²) in [6.07, 6.45) is -1.06. The van der Waals surface area contributed by atoms with E-state index in [1.807, 2.05) is 6.07 Å². The van der Waals surface area contributed by atoms with Crippen LogP contribution < -0.4 is 5.32 Å². The van der Waals surface area contributed by atoms with Gasteiger partial charge in [0, 0.05) is 10.6 Å². The van der Waals surface area contributed by atoms with Gasteiger partial charge in [0.2, 0.25) is 0 Å². The Morgan fingerprint density at radius 3 is 2.61 bits per heavy atom. The van der Waals surface area contributed by atoms with Crippen LogP contribution in [0, 0.1) is 11.3 Å². The van der Waals surface area contributed by atoms with Gasteiger partial charge in [-0.25, -0.2) is 4.79 Å². The quantitative estimate of drug-likeness (QED) is 0.539. The molecule has 0 saturated carbocycles. The van der Waals surface area contributed by atoms with E-state index in [1.165, 1.54) is 43.8 Å². The van der Waals surface area contributed by atoms with Crippen molar-refractivity contribution in [1.29, 1.82) is 5.26 Å². The van der Waals surface area contributed by atoms with Crippen molar-refractivity contribution >= 4 is 46.7 Å². The number of halogens is 1. The number of ether oxygens (including phenoxy) is 1. The molecule has 0 radical (unpaired) electrons. The van der Waals surface area contributed by atoms with E-state index in [9.17, 15) is 14.4 Å². The second kappa shape index (κ2) is 9.93. The van der Waals surface area contributed by atoms with Gasteiger partial charge in [-0.3, -0.25) is 9.59 Å². The molecule has 0 heterocycles. The fraction of sp³-hybridized carbons (Fsp3) is 0.200. The van der Waals surface area contributed by atoms with E-state index in [1.54, 1.807) is 24.3 Å². The zero-order chi connectivity index (χ0) is 20.7. The van der Waals surface area contributed by atoms with Crippen LogP contribution in [0.3, 0.4) is 0 Å². The Morgan fingerprint density at radius 2 is 1.96 bits per heavy atom. The molecule has 0 aliphatic heterocycles. The first-order valence-electron chi connectivity index (χ1n) is 8.24. The van der Waals surface area contributed by atoms with Gasteiger partial charge in [-0.1, -0.05) is 23.7 Å². The van der Waals surface area contributed by atoms with Gasteiger partial charge in [-0.15, -0.1) is 11.8 Å². The van der Waals surface area contributed by atoms with Crippen molar-refractivity contribution in [2.45, 2.75) is 24.8 Å². The Kier molecular flexibility index (Phi) is 7.61. The average Bonchev–Trinajstić information content (AvgIpc) is 2.66. The fourth-order valence-electron chi connectivity index (χ4n) is 2.15. The molecule has 2 aromatic carbocycles. The van der Waals surface area contributed by atoms with Crippen LogP contribution in [0.1, 0.15) is 29.8 Å². The van der Waals surface area contributed by atoms with Gasteiger partial charge in [0.05, 0.1) is 21.9 Å². The SMILES string of the molecule is CC(=O)CSc1ccccc1C(=O)O[C@H](C)C(=O)Nc1ccc(C#N)c(Cl)c1. The van der Waals surface area contributed by atoms with Crippen LogP contribution in [0.2, 0.25) is 5.02 Å². The van der Waals surface area contributed by atoms with Crippen molar-refractivity contribution in [3.8, 4) is 6.07 Å². The summed E-state index contributed by atoms with van der Waals surface area (Å²) in [6, 6.07) is 13.1. The second-order valence-electron chi connectivity index (χ2n) is 5.83. The molecule has 8 heteroatoms. The van der Waals surface area contributed by atoms with Crippen LogP contribution in [-0.4, -0.2) is 29.5 Å². The molecule has 6 nitrogen and oxygen atoms in total. The number of anilines is 1. The van der Waals surface area contributed by atoms with Crippen LogP contribution in [0.4, 0.5) is 5.69 Å². The minimum absolute atomic E-state index is 0.0120. The maximum atomic E-state index is 12.5. The van der Waals surface area contributed by atoms with E-state index in [0.29, 0.717) is 16.1 Å². The number of Topliss-reactive ketones (excluding diaryl/α,β-unsaturated/α-hetero) is 1. The van der Waals surface area contributed by atoms with Crippen molar-refractivity contribution in [3.05, 3.63) is 58.6 Å². The van der Waals surface area contributed by atoms with E-state index in [4.69, 9.17) is 21.6 Å². The second-order valence-corrected chi connectivity index (χ2v) is 7.25.